The number of sulfonamides is 1. The van der Waals surface area contributed by atoms with Crippen molar-refractivity contribution in [3.8, 4) is 0 Å². The van der Waals surface area contributed by atoms with Gasteiger partial charge in [0, 0.05) is 37.3 Å². The molecule has 27 heavy (non-hydrogen) atoms. The van der Waals surface area contributed by atoms with E-state index in [0.717, 1.165) is 45.4 Å². The molecule has 146 valence electrons. The minimum absolute atomic E-state index is 0.114. The molecule has 0 atom stereocenters. The first kappa shape index (κ1) is 19.4. The number of piperazine rings is 1. The third-order valence-corrected chi connectivity index (χ3v) is 5.17. The van der Waals surface area contributed by atoms with E-state index in [-0.39, 0.29) is 5.56 Å². The highest BCUT2D eigenvalue weighted by atomic mass is 32.2. The second-order valence-corrected chi connectivity index (χ2v) is 8.52. The second-order valence-electron chi connectivity index (χ2n) is 6.77. The Morgan fingerprint density at radius 1 is 1.22 bits per heavy atom. The van der Waals surface area contributed by atoms with Crippen molar-refractivity contribution in [1.29, 1.82) is 0 Å². The van der Waals surface area contributed by atoms with Crippen molar-refractivity contribution in [1.82, 2.24) is 9.88 Å². The average Bonchev–Trinajstić information content (AvgIpc) is 2.60. The molecule has 1 saturated heterocycles. The van der Waals surface area contributed by atoms with Crippen LogP contribution in [0, 0.1) is 0 Å². The van der Waals surface area contributed by atoms with Crippen LogP contribution < -0.4 is 9.62 Å². The normalized spacial score (nSPS) is 15.9. The molecule has 0 radical (unpaired) electrons. The first-order chi connectivity index (χ1) is 12.8. The number of nitrogens with zero attached hydrogens (tertiary/aromatic N) is 3. The highest BCUT2D eigenvalue weighted by Gasteiger charge is 2.20. The molecule has 1 aromatic carbocycles. The summed E-state index contributed by atoms with van der Waals surface area (Å²) in [6, 6.07) is 6.32. The zero-order valence-corrected chi connectivity index (χ0v) is 16.3. The molecule has 2 N–H and O–H groups in total. The number of aromatic carboxylic acids is 1. The highest BCUT2D eigenvalue weighted by molar-refractivity contribution is 7.92. The molecule has 9 heteroatoms. The number of hydrogen-bond acceptors (Lipinski definition) is 6. The molecule has 1 aromatic heterocycles. The van der Waals surface area contributed by atoms with Gasteiger partial charge in [0.2, 0.25) is 10.0 Å². The molecule has 0 bridgehead atoms. The number of nitrogens with one attached hydrogen (secondary N) is 1. The van der Waals surface area contributed by atoms with Crippen LogP contribution in [0.2, 0.25) is 0 Å². The minimum atomic E-state index is -3.44. The van der Waals surface area contributed by atoms with E-state index in [0.29, 0.717) is 22.4 Å². The Bertz CT molecular complexity index is 953. The summed E-state index contributed by atoms with van der Waals surface area (Å²) in [5.74, 6) is -0.426. The number of carbonyl (C=O) groups is 1. The van der Waals surface area contributed by atoms with Gasteiger partial charge in [0.1, 0.15) is 5.82 Å². The Hall–Kier alpha value is -2.39. The number of benzene rings is 1. The molecule has 1 aliphatic heterocycles. The Morgan fingerprint density at radius 2 is 1.93 bits per heavy atom. The molecule has 0 saturated carbocycles. The molecule has 2 aromatic rings. The van der Waals surface area contributed by atoms with E-state index in [1.165, 1.54) is 6.07 Å². The van der Waals surface area contributed by atoms with Crippen LogP contribution in [0.25, 0.3) is 10.9 Å². The molecule has 1 fully saturated rings. The van der Waals surface area contributed by atoms with E-state index < -0.39 is 16.0 Å². The van der Waals surface area contributed by atoms with E-state index in [4.69, 9.17) is 0 Å². The van der Waals surface area contributed by atoms with Gasteiger partial charge in [-0.15, -0.1) is 0 Å². The molecule has 3 rings (SSSR count). The Kier molecular flexibility index (Phi) is 5.52. The van der Waals surface area contributed by atoms with Gasteiger partial charge >= 0.3 is 5.97 Å². The number of aromatic nitrogens is 1. The standard InChI is InChI=1S/C18H24N4O4S/c1-3-6-21-7-9-22(10-8-21)17-12-15(18(23)24)14-11-13(20-27(2,25)26)4-5-16(14)19-17/h4-5,11-12,20H,3,6-10H2,1-2H3,(H,23,24). The zero-order chi connectivity index (χ0) is 19.6. The summed E-state index contributed by atoms with van der Waals surface area (Å²) in [6.45, 7) is 6.66. The number of pyridine rings is 1. The third kappa shape index (κ3) is 4.67. The molecular formula is C18H24N4O4S. The van der Waals surface area contributed by atoms with Crippen molar-refractivity contribution in [2.75, 3.05) is 48.6 Å². The van der Waals surface area contributed by atoms with Crippen molar-refractivity contribution in [2.24, 2.45) is 0 Å². The molecule has 0 amide bonds. The van der Waals surface area contributed by atoms with Crippen LogP contribution in [0.15, 0.2) is 24.3 Å². The molecular weight excluding hydrogens is 368 g/mol. The predicted molar refractivity (Wildman–Crippen MR) is 106 cm³/mol. The van der Waals surface area contributed by atoms with Crippen LogP contribution in [0.3, 0.4) is 0 Å². The Morgan fingerprint density at radius 3 is 2.52 bits per heavy atom. The first-order valence-corrected chi connectivity index (χ1v) is 10.8. The Labute approximate surface area is 158 Å². The van der Waals surface area contributed by atoms with Crippen molar-refractivity contribution >= 4 is 38.4 Å². The van der Waals surface area contributed by atoms with Crippen LogP contribution in [0.5, 0.6) is 0 Å². The van der Waals surface area contributed by atoms with E-state index in [1.54, 1.807) is 18.2 Å². The lowest BCUT2D eigenvalue weighted by atomic mass is 10.1. The molecule has 0 unspecified atom stereocenters. The molecule has 8 nitrogen and oxygen atoms in total. The molecule has 1 aliphatic rings. The number of rotatable bonds is 6. The average molecular weight is 392 g/mol. The van der Waals surface area contributed by atoms with E-state index in [9.17, 15) is 18.3 Å². The fourth-order valence-corrected chi connectivity index (χ4v) is 3.90. The quantitative estimate of drug-likeness (QED) is 0.773. The van der Waals surface area contributed by atoms with E-state index in [2.05, 4.69) is 26.4 Å². The van der Waals surface area contributed by atoms with E-state index >= 15 is 0 Å². The largest absolute Gasteiger partial charge is 0.478 e. The predicted octanol–water partition coefficient (Wildman–Crippen LogP) is 1.84. The monoisotopic (exact) mass is 392 g/mol. The van der Waals surface area contributed by atoms with Crippen molar-refractivity contribution in [3.63, 3.8) is 0 Å². The van der Waals surface area contributed by atoms with E-state index in [1.807, 2.05) is 0 Å². The van der Waals surface area contributed by atoms with Gasteiger partial charge in [0.15, 0.2) is 0 Å². The van der Waals surface area contributed by atoms with Crippen LogP contribution in [-0.2, 0) is 10.0 Å². The maximum Gasteiger partial charge on any atom is 0.336 e. The maximum atomic E-state index is 11.8. The van der Waals surface area contributed by atoms with Gasteiger partial charge in [-0.2, -0.15) is 0 Å². The maximum absolute atomic E-state index is 11.8. The van der Waals surface area contributed by atoms with Crippen LogP contribution in [0.4, 0.5) is 11.5 Å². The van der Waals surface area contributed by atoms with Gasteiger partial charge in [-0.05, 0) is 37.2 Å². The summed E-state index contributed by atoms with van der Waals surface area (Å²) in [5, 5.41) is 10.1. The topological polar surface area (TPSA) is 103 Å². The number of fused-ring (bicyclic) bond motifs is 1. The van der Waals surface area contributed by atoms with Crippen LogP contribution >= 0.6 is 0 Å². The van der Waals surface area contributed by atoms with Crippen LogP contribution in [0.1, 0.15) is 23.7 Å². The number of hydrogen-bond donors (Lipinski definition) is 2. The highest BCUT2D eigenvalue weighted by Crippen LogP contribution is 2.27. The summed E-state index contributed by atoms with van der Waals surface area (Å²) in [4.78, 5) is 20.9. The van der Waals surface area contributed by atoms with Gasteiger partial charge in [0.25, 0.3) is 0 Å². The van der Waals surface area contributed by atoms with Crippen molar-refractivity contribution in [2.45, 2.75) is 13.3 Å². The molecule has 2 heterocycles. The summed E-state index contributed by atoms with van der Waals surface area (Å²) in [6.07, 6.45) is 2.16. The lowest BCUT2D eigenvalue weighted by Crippen LogP contribution is -2.46. The lowest BCUT2D eigenvalue weighted by Gasteiger charge is -2.35. The third-order valence-electron chi connectivity index (χ3n) is 4.56. The van der Waals surface area contributed by atoms with Crippen molar-refractivity contribution in [3.05, 3.63) is 29.8 Å². The van der Waals surface area contributed by atoms with Gasteiger partial charge in [-0.1, -0.05) is 6.92 Å². The number of carboxylic acid groups (broad SMARTS) is 1. The molecule has 0 spiro atoms. The summed E-state index contributed by atoms with van der Waals surface area (Å²) < 4.78 is 25.2. The minimum Gasteiger partial charge on any atom is -0.478 e. The zero-order valence-electron chi connectivity index (χ0n) is 15.5. The van der Waals surface area contributed by atoms with Crippen molar-refractivity contribution < 1.29 is 18.3 Å². The summed E-state index contributed by atoms with van der Waals surface area (Å²) in [7, 11) is -3.44. The smallest absolute Gasteiger partial charge is 0.336 e. The summed E-state index contributed by atoms with van der Waals surface area (Å²) in [5.41, 5.74) is 0.957. The van der Waals surface area contributed by atoms with Gasteiger partial charge < -0.3 is 10.0 Å². The fraction of sp³-hybridized carbons (Fsp3) is 0.444. The van der Waals surface area contributed by atoms with Crippen LogP contribution in [-0.4, -0.2) is 68.4 Å². The Balaban J connectivity index is 1.95. The lowest BCUT2D eigenvalue weighted by molar-refractivity contribution is 0.0699. The number of anilines is 2. The van der Waals surface area contributed by atoms with Gasteiger partial charge in [-0.25, -0.2) is 18.2 Å². The van der Waals surface area contributed by atoms with Gasteiger partial charge in [-0.3, -0.25) is 9.62 Å². The van der Waals surface area contributed by atoms with Gasteiger partial charge in [0.05, 0.1) is 17.3 Å². The summed E-state index contributed by atoms with van der Waals surface area (Å²) >= 11 is 0. The fourth-order valence-electron chi connectivity index (χ4n) is 3.35. The first-order valence-electron chi connectivity index (χ1n) is 8.90. The SMILES string of the molecule is CCCN1CCN(c2cc(C(=O)O)c3cc(NS(C)(=O)=O)ccc3n2)CC1. The molecule has 0 aliphatic carbocycles. The number of carboxylic acids is 1. The second kappa shape index (κ2) is 7.69.